The van der Waals surface area contributed by atoms with Crippen LogP contribution in [0.5, 0.6) is 5.75 Å². The van der Waals surface area contributed by atoms with Crippen LogP contribution in [0.15, 0.2) is 48.5 Å². The summed E-state index contributed by atoms with van der Waals surface area (Å²) in [6, 6.07) is 14.5. The van der Waals surface area contributed by atoms with Gasteiger partial charge in [-0.05, 0) is 49.1 Å². The molecule has 1 aliphatic rings. The molecule has 0 bridgehead atoms. The summed E-state index contributed by atoms with van der Waals surface area (Å²) in [5, 5.41) is 5.91. The number of ether oxygens (including phenoxy) is 1. The number of benzene rings is 2. The first kappa shape index (κ1) is 19.7. The third-order valence-electron chi connectivity index (χ3n) is 4.99. The zero-order chi connectivity index (χ0) is 19.9. The largest absolute Gasteiger partial charge is 0.497 e. The lowest BCUT2D eigenvalue weighted by Crippen LogP contribution is -2.37. The number of carbonyl (C=O) groups excluding carboxylic acids is 2. The van der Waals surface area contributed by atoms with E-state index >= 15 is 0 Å². The first-order valence-corrected chi connectivity index (χ1v) is 9.62. The van der Waals surface area contributed by atoms with E-state index in [1.165, 1.54) is 0 Å². The van der Waals surface area contributed by atoms with Crippen molar-refractivity contribution in [2.45, 2.75) is 19.8 Å². The molecular weight excluding hydrogens is 354 g/mol. The minimum Gasteiger partial charge on any atom is -0.497 e. The van der Waals surface area contributed by atoms with Gasteiger partial charge in [0.1, 0.15) is 5.75 Å². The van der Waals surface area contributed by atoms with Crippen molar-refractivity contribution in [2.24, 2.45) is 5.92 Å². The molecule has 2 N–H and O–H groups in total. The molecule has 148 valence electrons. The molecule has 2 aromatic carbocycles. The third kappa shape index (κ3) is 5.25. The van der Waals surface area contributed by atoms with E-state index in [9.17, 15) is 9.59 Å². The van der Waals surface area contributed by atoms with Crippen LogP contribution in [0.3, 0.4) is 0 Å². The topological polar surface area (TPSA) is 70.7 Å². The van der Waals surface area contributed by atoms with Crippen molar-refractivity contribution in [2.75, 3.05) is 37.4 Å². The number of rotatable bonds is 6. The fourth-order valence-corrected chi connectivity index (χ4v) is 3.24. The quantitative estimate of drug-likeness (QED) is 0.802. The molecular formula is C22H27N3O3. The number of methoxy groups -OCH3 is 1. The SMILES string of the molecule is COc1cccc(NCC(=O)Nc2cccc(C(=O)N3CCC(C)CC3)c2)c1. The lowest BCUT2D eigenvalue weighted by Gasteiger charge is -2.30. The van der Waals surface area contributed by atoms with Gasteiger partial charge in [0.2, 0.25) is 5.91 Å². The molecule has 0 spiro atoms. The minimum atomic E-state index is -0.181. The summed E-state index contributed by atoms with van der Waals surface area (Å²) in [4.78, 5) is 26.9. The van der Waals surface area contributed by atoms with E-state index in [4.69, 9.17) is 4.74 Å². The Bertz CT molecular complexity index is 829. The minimum absolute atomic E-state index is 0.0255. The Morgan fingerprint density at radius 1 is 1.07 bits per heavy atom. The highest BCUT2D eigenvalue weighted by atomic mass is 16.5. The van der Waals surface area contributed by atoms with Crippen LogP contribution in [0.1, 0.15) is 30.1 Å². The van der Waals surface area contributed by atoms with Gasteiger partial charge in [-0.1, -0.05) is 19.1 Å². The van der Waals surface area contributed by atoms with Gasteiger partial charge >= 0.3 is 0 Å². The summed E-state index contributed by atoms with van der Waals surface area (Å²) in [5.74, 6) is 1.24. The van der Waals surface area contributed by atoms with Crippen LogP contribution in [0.25, 0.3) is 0 Å². The number of nitrogens with one attached hydrogen (secondary N) is 2. The molecule has 6 nitrogen and oxygen atoms in total. The second kappa shape index (κ2) is 9.26. The monoisotopic (exact) mass is 381 g/mol. The Hall–Kier alpha value is -3.02. The molecule has 0 unspecified atom stereocenters. The second-order valence-corrected chi connectivity index (χ2v) is 7.19. The molecule has 2 amide bonds. The Morgan fingerprint density at radius 3 is 2.54 bits per heavy atom. The van der Waals surface area contributed by atoms with E-state index in [1.54, 1.807) is 31.4 Å². The molecule has 1 aliphatic heterocycles. The van der Waals surface area contributed by atoms with Crippen LogP contribution in [0.2, 0.25) is 0 Å². The number of piperidine rings is 1. The van der Waals surface area contributed by atoms with Crippen LogP contribution in [0, 0.1) is 5.92 Å². The summed E-state index contributed by atoms with van der Waals surface area (Å²) < 4.78 is 5.17. The third-order valence-corrected chi connectivity index (χ3v) is 4.99. The summed E-state index contributed by atoms with van der Waals surface area (Å²) >= 11 is 0. The van der Waals surface area contributed by atoms with E-state index in [-0.39, 0.29) is 18.4 Å². The van der Waals surface area contributed by atoms with Crippen molar-refractivity contribution < 1.29 is 14.3 Å². The van der Waals surface area contributed by atoms with Crippen molar-refractivity contribution >= 4 is 23.2 Å². The van der Waals surface area contributed by atoms with E-state index in [0.29, 0.717) is 17.2 Å². The maximum absolute atomic E-state index is 12.7. The Labute approximate surface area is 165 Å². The second-order valence-electron chi connectivity index (χ2n) is 7.19. The van der Waals surface area contributed by atoms with Gasteiger partial charge in [-0.15, -0.1) is 0 Å². The van der Waals surface area contributed by atoms with Crippen LogP contribution < -0.4 is 15.4 Å². The first-order chi connectivity index (χ1) is 13.5. The summed E-state index contributed by atoms with van der Waals surface area (Å²) in [6.07, 6.45) is 2.08. The predicted octanol–water partition coefficient (Wildman–Crippen LogP) is 3.62. The van der Waals surface area contributed by atoms with Gasteiger partial charge in [0.15, 0.2) is 0 Å². The molecule has 1 fully saturated rings. The number of hydrogen-bond donors (Lipinski definition) is 2. The standard InChI is InChI=1S/C22H27N3O3/c1-16-9-11-25(12-10-16)22(27)17-5-3-7-19(13-17)24-21(26)15-23-18-6-4-8-20(14-18)28-2/h3-8,13-14,16,23H,9-12,15H2,1-2H3,(H,24,26). The fourth-order valence-electron chi connectivity index (χ4n) is 3.24. The maximum atomic E-state index is 12.7. The van der Waals surface area contributed by atoms with E-state index < -0.39 is 0 Å². The lowest BCUT2D eigenvalue weighted by atomic mass is 9.98. The highest BCUT2D eigenvalue weighted by molar-refractivity contribution is 5.98. The van der Waals surface area contributed by atoms with Crippen molar-refractivity contribution in [1.82, 2.24) is 4.90 Å². The number of amides is 2. The molecule has 0 aliphatic carbocycles. The number of carbonyl (C=O) groups is 2. The fraction of sp³-hybridized carbons (Fsp3) is 0.364. The van der Waals surface area contributed by atoms with Gasteiger partial charge in [0.05, 0.1) is 13.7 Å². The van der Waals surface area contributed by atoms with Crippen molar-refractivity contribution in [3.05, 3.63) is 54.1 Å². The van der Waals surface area contributed by atoms with Gasteiger partial charge in [-0.3, -0.25) is 9.59 Å². The van der Waals surface area contributed by atoms with Crippen LogP contribution >= 0.6 is 0 Å². The molecule has 0 aromatic heterocycles. The smallest absolute Gasteiger partial charge is 0.253 e. The average Bonchev–Trinajstić information content (AvgIpc) is 2.72. The molecule has 0 atom stereocenters. The van der Waals surface area contributed by atoms with Crippen molar-refractivity contribution in [3.63, 3.8) is 0 Å². The molecule has 2 aromatic rings. The van der Waals surface area contributed by atoms with E-state index in [1.807, 2.05) is 29.2 Å². The van der Waals surface area contributed by atoms with Gasteiger partial charge in [0, 0.05) is 36.1 Å². The predicted molar refractivity (Wildman–Crippen MR) is 111 cm³/mol. The van der Waals surface area contributed by atoms with Gasteiger partial charge in [-0.25, -0.2) is 0 Å². The lowest BCUT2D eigenvalue weighted by molar-refractivity contribution is -0.114. The normalized spacial score (nSPS) is 14.4. The van der Waals surface area contributed by atoms with Crippen molar-refractivity contribution in [3.8, 4) is 5.75 Å². The highest BCUT2D eigenvalue weighted by Crippen LogP contribution is 2.20. The Kier molecular flexibility index (Phi) is 6.53. The molecule has 6 heteroatoms. The summed E-state index contributed by atoms with van der Waals surface area (Å²) in [7, 11) is 1.60. The molecule has 0 saturated carbocycles. The maximum Gasteiger partial charge on any atom is 0.253 e. The van der Waals surface area contributed by atoms with Gasteiger partial charge < -0.3 is 20.3 Å². The van der Waals surface area contributed by atoms with Crippen LogP contribution in [0.4, 0.5) is 11.4 Å². The van der Waals surface area contributed by atoms with Gasteiger partial charge in [-0.2, -0.15) is 0 Å². The zero-order valence-corrected chi connectivity index (χ0v) is 16.4. The molecule has 3 rings (SSSR count). The van der Waals surface area contributed by atoms with Crippen LogP contribution in [-0.2, 0) is 4.79 Å². The van der Waals surface area contributed by atoms with E-state index in [2.05, 4.69) is 17.6 Å². The number of anilines is 2. The average molecular weight is 381 g/mol. The summed E-state index contributed by atoms with van der Waals surface area (Å²) in [5.41, 5.74) is 2.03. The molecule has 1 heterocycles. The first-order valence-electron chi connectivity index (χ1n) is 9.62. The Morgan fingerprint density at radius 2 is 1.79 bits per heavy atom. The molecule has 28 heavy (non-hydrogen) atoms. The number of nitrogens with zero attached hydrogens (tertiary/aromatic N) is 1. The molecule has 0 radical (unpaired) electrons. The zero-order valence-electron chi connectivity index (χ0n) is 16.4. The van der Waals surface area contributed by atoms with E-state index in [0.717, 1.165) is 37.4 Å². The van der Waals surface area contributed by atoms with Crippen LogP contribution in [-0.4, -0.2) is 43.5 Å². The van der Waals surface area contributed by atoms with Gasteiger partial charge in [0.25, 0.3) is 5.91 Å². The number of likely N-dealkylation sites (tertiary alicyclic amines) is 1. The number of hydrogen-bond acceptors (Lipinski definition) is 4. The Balaban J connectivity index is 1.56. The highest BCUT2D eigenvalue weighted by Gasteiger charge is 2.21. The van der Waals surface area contributed by atoms with Crippen molar-refractivity contribution in [1.29, 1.82) is 0 Å². The summed E-state index contributed by atoms with van der Waals surface area (Å²) in [6.45, 7) is 3.93. The molecule has 1 saturated heterocycles.